The molecule has 0 radical (unpaired) electrons. The third-order valence-corrected chi connectivity index (χ3v) is 3.53. The Balaban J connectivity index is 2.08. The molecule has 0 saturated heterocycles. The van der Waals surface area contributed by atoms with Gasteiger partial charge in [0.25, 0.3) is 0 Å². The summed E-state index contributed by atoms with van der Waals surface area (Å²) in [5.41, 5.74) is 8.83. The van der Waals surface area contributed by atoms with Crippen molar-refractivity contribution >= 4 is 39.6 Å². The van der Waals surface area contributed by atoms with E-state index in [1.54, 1.807) is 0 Å². The highest BCUT2D eigenvalue weighted by Crippen LogP contribution is 2.20. The van der Waals surface area contributed by atoms with Crippen LogP contribution in [0.15, 0.2) is 42.6 Å². The van der Waals surface area contributed by atoms with Gasteiger partial charge in [0.1, 0.15) is 3.70 Å². The Morgan fingerprint density at radius 3 is 2.67 bits per heavy atom. The van der Waals surface area contributed by atoms with Gasteiger partial charge in [-0.2, -0.15) is 0 Å². The number of fused-ring (bicyclic) bond motifs is 1. The fraction of sp³-hybridized carbons (Fsp3) is 0.0769. The van der Waals surface area contributed by atoms with Gasteiger partial charge in [-0.15, -0.1) is 0 Å². The molecule has 3 rings (SSSR count). The number of nitrogens with two attached hydrogens (primary N) is 1. The summed E-state index contributed by atoms with van der Waals surface area (Å²) in [6.07, 6.45) is 2.02. The molecule has 0 saturated carbocycles. The Bertz CT molecular complexity index is 691. The number of nitrogens with zero attached hydrogens (tertiary/aromatic N) is 3. The largest absolute Gasteiger partial charge is 0.368 e. The summed E-state index contributed by atoms with van der Waals surface area (Å²) >= 11 is 2.20. The van der Waals surface area contributed by atoms with Crippen molar-refractivity contribution in [2.45, 2.75) is 6.54 Å². The lowest BCUT2D eigenvalue weighted by molar-refractivity contribution is 0.832. The zero-order valence-corrected chi connectivity index (χ0v) is 11.7. The Morgan fingerprint density at radius 1 is 1.11 bits per heavy atom. The van der Waals surface area contributed by atoms with Crippen LogP contribution in [0.3, 0.4) is 0 Å². The number of rotatable bonds is 2. The van der Waals surface area contributed by atoms with E-state index >= 15 is 0 Å². The second-order valence-electron chi connectivity index (χ2n) is 4.04. The molecule has 0 fully saturated rings. The Morgan fingerprint density at radius 2 is 1.89 bits per heavy atom. The number of hydrogen-bond donors (Lipinski definition) is 1. The minimum atomic E-state index is 0.323. The van der Waals surface area contributed by atoms with Crippen molar-refractivity contribution in [1.82, 2.24) is 14.5 Å². The number of nitrogen functional groups attached to an aromatic ring is 1. The normalized spacial score (nSPS) is 10.9. The predicted molar refractivity (Wildman–Crippen MR) is 80.2 cm³/mol. The molecule has 2 heterocycles. The van der Waals surface area contributed by atoms with Gasteiger partial charge in [0.2, 0.25) is 5.95 Å². The quantitative estimate of drug-likeness (QED) is 0.571. The first kappa shape index (κ1) is 11.5. The van der Waals surface area contributed by atoms with Crippen LogP contribution in [-0.2, 0) is 6.54 Å². The van der Waals surface area contributed by atoms with Crippen molar-refractivity contribution < 1.29 is 0 Å². The van der Waals surface area contributed by atoms with E-state index in [9.17, 15) is 0 Å². The highest BCUT2D eigenvalue weighted by molar-refractivity contribution is 14.1. The molecule has 18 heavy (non-hydrogen) atoms. The molecule has 0 aliphatic heterocycles. The van der Waals surface area contributed by atoms with E-state index in [1.165, 1.54) is 5.56 Å². The molecule has 0 unspecified atom stereocenters. The van der Waals surface area contributed by atoms with Crippen molar-refractivity contribution in [1.29, 1.82) is 0 Å². The van der Waals surface area contributed by atoms with Crippen LogP contribution in [0.4, 0.5) is 5.95 Å². The van der Waals surface area contributed by atoms with E-state index in [0.29, 0.717) is 5.95 Å². The van der Waals surface area contributed by atoms with Crippen molar-refractivity contribution in [3.63, 3.8) is 0 Å². The summed E-state index contributed by atoms with van der Waals surface area (Å²) in [6.45, 7) is 0.813. The van der Waals surface area contributed by atoms with Crippen LogP contribution < -0.4 is 5.73 Å². The van der Waals surface area contributed by atoms with Gasteiger partial charge in [-0.3, -0.25) is 0 Å². The van der Waals surface area contributed by atoms with Crippen LogP contribution >= 0.6 is 22.6 Å². The molecule has 2 N–H and O–H groups in total. The van der Waals surface area contributed by atoms with Crippen LogP contribution in [-0.4, -0.2) is 14.5 Å². The van der Waals surface area contributed by atoms with Crippen LogP contribution in [0.25, 0.3) is 11.0 Å². The second-order valence-corrected chi connectivity index (χ2v) is 5.06. The fourth-order valence-electron chi connectivity index (χ4n) is 1.99. The van der Waals surface area contributed by atoms with Gasteiger partial charge >= 0.3 is 0 Å². The van der Waals surface area contributed by atoms with Crippen LogP contribution in [0.5, 0.6) is 0 Å². The van der Waals surface area contributed by atoms with E-state index < -0.39 is 0 Å². The van der Waals surface area contributed by atoms with Crippen molar-refractivity contribution in [3.05, 3.63) is 51.9 Å². The van der Waals surface area contributed by atoms with E-state index in [0.717, 1.165) is 21.3 Å². The molecule has 1 aromatic carbocycles. The first-order valence-corrected chi connectivity index (χ1v) is 6.64. The van der Waals surface area contributed by atoms with Crippen molar-refractivity contribution in [3.8, 4) is 0 Å². The lowest BCUT2D eigenvalue weighted by atomic mass is 10.2. The average molecular weight is 350 g/mol. The molecular weight excluding hydrogens is 339 g/mol. The summed E-state index contributed by atoms with van der Waals surface area (Å²) in [5, 5.41) is 0. The predicted octanol–water partition coefficient (Wildman–Crippen LogP) is 2.67. The lowest BCUT2D eigenvalue weighted by Crippen LogP contribution is -2.02. The van der Waals surface area contributed by atoms with Crippen LogP contribution in [0.2, 0.25) is 0 Å². The Kier molecular flexibility index (Phi) is 2.91. The molecule has 0 amide bonds. The number of halogens is 1. The number of benzene rings is 1. The zero-order valence-electron chi connectivity index (χ0n) is 9.55. The van der Waals surface area contributed by atoms with Gasteiger partial charge in [-0.05, 0) is 34.2 Å². The van der Waals surface area contributed by atoms with E-state index in [1.807, 2.05) is 30.5 Å². The molecule has 90 valence electrons. The molecule has 0 spiro atoms. The first-order chi connectivity index (χ1) is 8.74. The Hall–Kier alpha value is -1.63. The number of aromatic nitrogens is 3. The van der Waals surface area contributed by atoms with Crippen molar-refractivity contribution in [2.75, 3.05) is 5.73 Å². The monoisotopic (exact) mass is 350 g/mol. The molecule has 4 nitrogen and oxygen atoms in total. The SMILES string of the molecule is Nc1nc(I)c2c(ccn2Cc2ccccc2)n1. The second kappa shape index (κ2) is 4.56. The minimum absolute atomic E-state index is 0.323. The molecule has 0 aliphatic carbocycles. The van der Waals surface area contributed by atoms with E-state index in [2.05, 4.69) is 49.3 Å². The maximum Gasteiger partial charge on any atom is 0.221 e. The molecule has 5 heteroatoms. The summed E-state index contributed by atoms with van der Waals surface area (Å²) in [7, 11) is 0. The number of hydrogen-bond acceptors (Lipinski definition) is 3. The summed E-state index contributed by atoms with van der Waals surface area (Å²) < 4.78 is 3.03. The van der Waals surface area contributed by atoms with Crippen LogP contribution in [0, 0.1) is 3.70 Å². The van der Waals surface area contributed by atoms with E-state index in [-0.39, 0.29) is 0 Å². The zero-order chi connectivity index (χ0) is 12.5. The Labute approximate surface area is 118 Å². The van der Waals surface area contributed by atoms with E-state index in [4.69, 9.17) is 5.73 Å². The van der Waals surface area contributed by atoms with Gasteiger partial charge in [0.15, 0.2) is 0 Å². The molecule has 2 aromatic heterocycles. The average Bonchev–Trinajstić information content (AvgIpc) is 2.73. The fourth-order valence-corrected chi connectivity index (χ4v) is 2.82. The summed E-state index contributed by atoms with van der Waals surface area (Å²) in [4.78, 5) is 8.45. The molecule has 0 atom stereocenters. The maximum absolute atomic E-state index is 5.65. The highest BCUT2D eigenvalue weighted by Gasteiger charge is 2.09. The van der Waals surface area contributed by atoms with Gasteiger partial charge in [0, 0.05) is 12.7 Å². The van der Waals surface area contributed by atoms with Gasteiger partial charge < -0.3 is 10.3 Å². The van der Waals surface area contributed by atoms with Gasteiger partial charge in [0.05, 0.1) is 11.0 Å². The summed E-state index contributed by atoms with van der Waals surface area (Å²) in [5.74, 6) is 0.323. The summed E-state index contributed by atoms with van der Waals surface area (Å²) in [6, 6.07) is 12.3. The third kappa shape index (κ3) is 2.05. The minimum Gasteiger partial charge on any atom is -0.368 e. The number of anilines is 1. The lowest BCUT2D eigenvalue weighted by Gasteiger charge is -2.06. The highest BCUT2D eigenvalue weighted by atomic mass is 127. The standard InChI is InChI=1S/C13H11IN4/c14-12-11-10(16-13(15)17-12)6-7-18(11)8-9-4-2-1-3-5-9/h1-7H,8H2,(H2,15,16,17). The third-order valence-electron chi connectivity index (χ3n) is 2.78. The van der Waals surface area contributed by atoms with Crippen molar-refractivity contribution in [2.24, 2.45) is 0 Å². The molecular formula is C13H11IN4. The molecule has 0 bridgehead atoms. The topological polar surface area (TPSA) is 56.7 Å². The molecule has 0 aliphatic rings. The molecule has 3 aromatic rings. The van der Waals surface area contributed by atoms with Gasteiger partial charge in [-0.25, -0.2) is 9.97 Å². The smallest absolute Gasteiger partial charge is 0.221 e. The first-order valence-electron chi connectivity index (χ1n) is 5.56. The van der Waals surface area contributed by atoms with Crippen LogP contribution in [0.1, 0.15) is 5.56 Å². The maximum atomic E-state index is 5.65. The van der Waals surface area contributed by atoms with Gasteiger partial charge in [-0.1, -0.05) is 30.3 Å².